The molecule has 1 aliphatic carbocycles. The fourth-order valence-electron chi connectivity index (χ4n) is 6.28. The fraction of sp³-hybridized carbons (Fsp3) is 0.567. The van der Waals surface area contributed by atoms with E-state index in [1.54, 1.807) is 18.2 Å². The number of halogens is 1. The standard InChI is InChI=1S/C30H39ClN2O5S/c1-30-14-13-24(30)19-33-15-5-4-7-21-17-25(31)11-9-23(21)20-38-27-12-10-22(18-26(27)33)29(35)32-39(36,37)16-6-2-3-8-28(30)34/h9-12,17-18,24,28,34H,2-8,13-16,19-20H2,1H3,(H,32,35)/t24-,28+,30+/m0/s1. The number of sulfonamides is 1. The smallest absolute Gasteiger partial charge is 0.264 e. The quantitative estimate of drug-likeness (QED) is 0.433. The lowest BCUT2D eigenvalue weighted by atomic mass is 9.57. The minimum Gasteiger partial charge on any atom is -0.487 e. The summed E-state index contributed by atoms with van der Waals surface area (Å²) in [5, 5.41) is 11.9. The van der Waals surface area contributed by atoms with Crippen LogP contribution in [0.15, 0.2) is 36.4 Å². The highest BCUT2D eigenvalue weighted by Crippen LogP contribution is 2.51. The molecule has 1 saturated carbocycles. The maximum atomic E-state index is 13.1. The number of rotatable bonds is 0. The van der Waals surface area contributed by atoms with Gasteiger partial charge in [0.15, 0.2) is 0 Å². The van der Waals surface area contributed by atoms with Crippen LogP contribution in [-0.4, -0.2) is 44.4 Å². The van der Waals surface area contributed by atoms with E-state index >= 15 is 0 Å². The number of nitrogens with one attached hydrogen (secondary N) is 1. The Morgan fingerprint density at radius 2 is 1.90 bits per heavy atom. The van der Waals surface area contributed by atoms with Crippen LogP contribution < -0.4 is 14.4 Å². The van der Waals surface area contributed by atoms with Crippen LogP contribution in [0.5, 0.6) is 5.75 Å². The molecule has 5 rings (SSSR count). The third-order valence-electron chi connectivity index (χ3n) is 9.04. The van der Waals surface area contributed by atoms with E-state index in [9.17, 15) is 18.3 Å². The molecule has 9 heteroatoms. The Kier molecular flexibility index (Phi) is 8.45. The summed E-state index contributed by atoms with van der Waals surface area (Å²) in [7, 11) is -3.76. The molecule has 3 atom stereocenters. The lowest BCUT2D eigenvalue weighted by Gasteiger charge is -2.52. The molecule has 2 aromatic carbocycles. The van der Waals surface area contributed by atoms with Crippen molar-refractivity contribution in [1.82, 2.24) is 4.72 Å². The third kappa shape index (κ3) is 6.39. The first-order valence-electron chi connectivity index (χ1n) is 14.2. The Morgan fingerprint density at radius 3 is 2.69 bits per heavy atom. The number of aliphatic hydroxyl groups excluding tert-OH is 1. The molecule has 0 aromatic heterocycles. The molecule has 2 N–H and O–H groups in total. The van der Waals surface area contributed by atoms with E-state index in [1.165, 1.54) is 5.56 Å². The predicted octanol–water partition coefficient (Wildman–Crippen LogP) is 5.47. The van der Waals surface area contributed by atoms with Gasteiger partial charge in [-0.1, -0.05) is 37.4 Å². The normalized spacial score (nSPS) is 28.0. The predicted molar refractivity (Wildman–Crippen MR) is 154 cm³/mol. The second kappa shape index (κ2) is 11.7. The number of ether oxygens (including phenoxy) is 1. The lowest BCUT2D eigenvalue weighted by molar-refractivity contribution is -0.0756. The van der Waals surface area contributed by atoms with Gasteiger partial charge in [-0.3, -0.25) is 4.79 Å². The van der Waals surface area contributed by atoms with Crippen molar-refractivity contribution >= 4 is 33.2 Å². The number of amides is 1. The molecular formula is C30H39ClN2O5S. The van der Waals surface area contributed by atoms with Crippen LogP contribution in [0.4, 0.5) is 5.69 Å². The zero-order valence-corrected chi connectivity index (χ0v) is 24.2. The number of carbonyl (C=O) groups is 1. The Morgan fingerprint density at radius 1 is 1.05 bits per heavy atom. The van der Waals surface area contributed by atoms with Gasteiger partial charge in [-0.25, -0.2) is 13.1 Å². The van der Waals surface area contributed by atoms with Gasteiger partial charge in [-0.2, -0.15) is 0 Å². The molecule has 39 heavy (non-hydrogen) atoms. The van der Waals surface area contributed by atoms with Crippen molar-refractivity contribution in [2.45, 2.75) is 77.4 Å². The minimum absolute atomic E-state index is 0.113. The maximum Gasteiger partial charge on any atom is 0.264 e. The Hall–Kier alpha value is -2.29. The van der Waals surface area contributed by atoms with Gasteiger partial charge in [0.25, 0.3) is 5.91 Å². The first-order valence-corrected chi connectivity index (χ1v) is 16.2. The highest BCUT2D eigenvalue weighted by Gasteiger charge is 2.48. The summed E-state index contributed by atoms with van der Waals surface area (Å²) in [6, 6.07) is 11.1. The number of carbonyl (C=O) groups excluding carboxylic acids is 1. The van der Waals surface area contributed by atoms with E-state index in [2.05, 4.69) is 16.5 Å². The zero-order valence-electron chi connectivity index (χ0n) is 22.6. The van der Waals surface area contributed by atoms with Crippen LogP contribution in [0.3, 0.4) is 0 Å². The third-order valence-corrected chi connectivity index (χ3v) is 10.6. The molecule has 2 aliphatic heterocycles. The molecule has 2 heterocycles. The first-order chi connectivity index (χ1) is 18.6. The van der Waals surface area contributed by atoms with Gasteiger partial charge >= 0.3 is 0 Å². The molecule has 0 saturated heterocycles. The van der Waals surface area contributed by atoms with Gasteiger partial charge in [0.1, 0.15) is 12.4 Å². The molecule has 212 valence electrons. The minimum atomic E-state index is -3.76. The van der Waals surface area contributed by atoms with Gasteiger partial charge in [-0.05, 0) is 97.7 Å². The van der Waals surface area contributed by atoms with Gasteiger partial charge in [0.2, 0.25) is 10.0 Å². The fourth-order valence-corrected chi connectivity index (χ4v) is 7.56. The molecule has 1 fully saturated rings. The van der Waals surface area contributed by atoms with Gasteiger partial charge in [-0.15, -0.1) is 0 Å². The number of aliphatic hydroxyl groups is 1. The average Bonchev–Trinajstić information content (AvgIpc) is 2.92. The molecule has 0 unspecified atom stereocenters. The van der Waals surface area contributed by atoms with Crippen LogP contribution >= 0.6 is 11.6 Å². The first kappa shape index (κ1) is 28.2. The van der Waals surface area contributed by atoms with Crippen LogP contribution in [0.25, 0.3) is 0 Å². The van der Waals surface area contributed by atoms with Crippen LogP contribution in [0.1, 0.15) is 79.8 Å². The summed E-state index contributed by atoms with van der Waals surface area (Å²) in [6.07, 6.45) is 6.97. The van der Waals surface area contributed by atoms with E-state index < -0.39 is 22.0 Å². The van der Waals surface area contributed by atoms with E-state index in [-0.39, 0.29) is 16.7 Å². The van der Waals surface area contributed by atoms with E-state index in [4.69, 9.17) is 16.3 Å². The van der Waals surface area contributed by atoms with Crippen LogP contribution in [0, 0.1) is 11.3 Å². The summed E-state index contributed by atoms with van der Waals surface area (Å²) in [4.78, 5) is 15.3. The molecule has 0 radical (unpaired) electrons. The van der Waals surface area contributed by atoms with Crippen molar-refractivity contribution in [3.05, 3.63) is 58.1 Å². The van der Waals surface area contributed by atoms with Crippen molar-refractivity contribution in [3.63, 3.8) is 0 Å². The summed E-state index contributed by atoms with van der Waals surface area (Å²) >= 11 is 6.29. The number of nitrogens with zero attached hydrogens (tertiary/aromatic N) is 1. The van der Waals surface area contributed by atoms with Crippen LogP contribution in [0.2, 0.25) is 5.02 Å². The molecule has 2 bridgehead atoms. The van der Waals surface area contributed by atoms with Gasteiger partial charge in [0.05, 0.1) is 17.5 Å². The van der Waals surface area contributed by atoms with Gasteiger partial charge in [0, 0.05) is 23.7 Å². The van der Waals surface area contributed by atoms with Crippen molar-refractivity contribution in [1.29, 1.82) is 0 Å². The molecule has 3 aliphatic rings. The molecule has 0 spiro atoms. The molecular weight excluding hydrogens is 536 g/mol. The summed E-state index contributed by atoms with van der Waals surface area (Å²) in [5.41, 5.74) is 3.15. The van der Waals surface area contributed by atoms with E-state index in [0.29, 0.717) is 42.6 Å². The summed E-state index contributed by atoms with van der Waals surface area (Å²) in [6.45, 7) is 4.06. The largest absolute Gasteiger partial charge is 0.487 e. The van der Waals surface area contributed by atoms with E-state index in [1.807, 2.05) is 18.2 Å². The van der Waals surface area contributed by atoms with Crippen molar-refractivity contribution in [2.24, 2.45) is 11.3 Å². The number of aryl methyl sites for hydroxylation is 1. The Labute approximate surface area is 236 Å². The Balaban J connectivity index is 1.53. The molecule has 7 nitrogen and oxygen atoms in total. The second-order valence-corrected chi connectivity index (χ2v) is 13.9. The SMILES string of the molecule is C[C@@]12CC[C@H]1CN1CCCCc3cc(Cl)ccc3COc3ccc(cc31)C(=O)NS(=O)(=O)CCCCC[C@H]2O. The summed E-state index contributed by atoms with van der Waals surface area (Å²) < 4.78 is 33.9. The van der Waals surface area contributed by atoms with Gasteiger partial charge < -0.3 is 14.7 Å². The van der Waals surface area contributed by atoms with Crippen molar-refractivity contribution in [2.75, 3.05) is 23.7 Å². The Bertz CT molecular complexity index is 1320. The van der Waals surface area contributed by atoms with Crippen molar-refractivity contribution in [3.8, 4) is 5.75 Å². The highest BCUT2D eigenvalue weighted by molar-refractivity contribution is 7.90. The average molecular weight is 575 g/mol. The number of anilines is 1. The topological polar surface area (TPSA) is 95.9 Å². The molecule has 2 aromatic rings. The number of fused-ring (bicyclic) bond motifs is 3. The van der Waals surface area contributed by atoms with Crippen molar-refractivity contribution < 1.29 is 23.1 Å². The highest BCUT2D eigenvalue weighted by atomic mass is 35.5. The maximum absolute atomic E-state index is 13.1. The number of hydrogen-bond acceptors (Lipinski definition) is 6. The molecule has 1 amide bonds. The monoisotopic (exact) mass is 574 g/mol. The number of hydrogen-bond donors (Lipinski definition) is 2. The van der Waals surface area contributed by atoms with E-state index in [0.717, 1.165) is 62.9 Å². The lowest BCUT2D eigenvalue weighted by Crippen LogP contribution is -2.51. The zero-order chi connectivity index (χ0) is 27.6. The summed E-state index contributed by atoms with van der Waals surface area (Å²) in [5.74, 6) is 0.230. The van der Waals surface area contributed by atoms with Crippen LogP contribution in [-0.2, 0) is 23.1 Å². The second-order valence-electron chi connectivity index (χ2n) is 11.6. The number of benzene rings is 2.